The number of hydrogen-bond acceptors (Lipinski definition) is 4. The first-order valence-electron chi connectivity index (χ1n) is 5.34. The summed E-state index contributed by atoms with van der Waals surface area (Å²) in [6.07, 6.45) is 3.79. The summed E-state index contributed by atoms with van der Waals surface area (Å²) in [4.78, 5) is 21.6. The van der Waals surface area contributed by atoms with Gasteiger partial charge in [-0.25, -0.2) is 4.79 Å². The molecule has 0 aromatic heterocycles. The summed E-state index contributed by atoms with van der Waals surface area (Å²) in [5.74, 6) is -0.631. The van der Waals surface area contributed by atoms with Gasteiger partial charge in [0.15, 0.2) is 0 Å². The van der Waals surface area contributed by atoms with Crippen molar-refractivity contribution in [1.82, 2.24) is 0 Å². The summed E-state index contributed by atoms with van der Waals surface area (Å²) >= 11 is 0. The highest BCUT2D eigenvalue weighted by molar-refractivity contribution is 5.81. The van der Waals surface area contributed by atoms with E-state index in [1.807, 2.05) is 13.8 Å². The molecular formula is C12H20O4. The Balaban J connectivity index is 3.97. The number of rotatable bonds is 6. The Morgan fingerprint density at radius 2 is 1.88 bits per heavy atom. The molecule has 0 aliphatic carbocycles. The van der Waals surface area contributed by atoms with E-state index in [1.54, 1.807) is 13.0 Å². The van der Waals surface area contributed by atoms with E-state index in [-0.39, 0.29) is 17.4 Å². The molecule has 0 aromatic rings. The van der Waals surface area contributed by atoms with Crippen molar-refractivity contribution in [3.8, 4) is 0 Å². The topological polar surface area (TPSA) is 52.6 Å². The van der Waals surface area contributed by atoms with Crippen LogP contribution in [0.4, 0.5) is 0 Å². The molecule has 0 aromatic carbocycles. The summed E-state index contributed by atoms with van der Waals surface area (Å²) in [5, 5.41) is 0. The molecule has 0 saturated carbocycles. The Morgan fingerprint density at radius 3 is 2.38 bits per heavy atom. The fourth-order valence-corrected chi connectivity index (χ4v) is 1.02. The van der Waals surface area contributed by atoms with E-state index in [4.69, 9.17) is 9.47 Å². The third kappa shape index (κ3) is 8.03. The molecule has 0 atom stereocenters. The molecule has 0 aliphatic heterocycles. The van der Waals surface area contributed by atoms with Crippen LogP contribution in [-0.4, -0.2) is 25.2 Å². The summed E-state index contributed by atoms with van der Waals surface area (Å²) in [7, 11) is 0. The van der Waals surface area contributed by atoms with E-state index < -0.39 is 0 Å². The van der Waals surface area contributed by atoms with Crippen LogP contribution in [0, 0.1) is 5.41 Å². The molecule has 0 aliphatic rings. The highest BCUT2D eigenvalue weighted by Crippen LogP contribution is 2.21. The van der Waals surface area contributed by atoms with E-state index in [2.05, 4.69) is 0 Å². The third-order valence-electron chi connectivity index (χ3n) is 1.88. The van der Waals surface area contributed by atoms with Crippen LogP contribution in [-0.2, 0) is 19.1 Å². The van der Waals surface area contributed by atoms with Crippen molar-refractivity contribution in [2.24, 2.45) is 5.41 Å². The van der Waals surface area contributed by atoms with Crippen molar-refractivity contribution >= 4 is 11.9 Å². The lowest BCUT2D eigenvalue weighted by Crippen LogP contribution is -2.20. The van der Waals surface area contributed by atoms with Crippen LogP contribution in [0.3, 0.4) is 0 Å². The van der Waals surface area contributed by atoms with Crippen molar-refractivity contribution in [2.75, 3.05) is 13.2 Å². The van der Waals surface area contributed by atoms with Gasteiger partial charge >= 0.3 is 11.9 Å². The maximum Gasteiger partial charge on any atom is 0.330 e. The van der Waals surface area contributed by atoms with Gasteiger partial charge in [-0.15, -0.1) is 0 Å². The smallest absolute Gasteiger partial charge is 0.330 e. The van der Waals surface area contributed by atoms with Gasteiger partial charge < -0.3 is 9.47 Å². The van der Waals surface area contributed by atoms with Gasteiger partial charge in [-0.05, 0) is 13.3 Å². The molecule has 0 rings (SSSR count). The number of esters is 2. The number of allylic oxidation sites excluding steroid dienone is 1. The Kier molecular flexibility index (Phi) is 6.46. The van der Waals surface area contributed by atoms with Crippen molar-refractivity contribution in [2.45, 2.75) is 34.1 Å². The normalized spacial score (nSPS) is 11.5. The van der Waals surface area contributed by atoms with Crippen molar-refractivity contribution < 1.29 is 19.1 Å². The average Bonchev–Trinajstić information content (AvgIpc) is 2.15. The first kappa shape index (κ1) is 14.7. The van der Waals surface area contributed by atoms with Crippen LogP contribution in [0.1, 0.15) is 34.1 Å². The molecule has 4 heteroatoms. The summed E-state index contributed by atoms with van der Waals surface area (Å²) in [6, 6.07) is 0. The number of hydrogen-bond donors (Lipinski definition) is 0. The molecule has 0 spiro atoms. The lowest BCUT2D eigenvalue weighted by Gasteiger charge is -2.21. The molecule has 16 heavy (non-hydrogen) atoms. The van der Waals surface area contributed by atoms with Gasteiger partial charge in [-0.1, -0.05) is 19.9 Å². The van der Waals surface area contributed by atoms with E-state index >= 15 is 0 Å². The molecule has 0 radical (unpaired) electrons. The van der Waals surface area contributed by atoms with Crippen LogP contribution in [0.25, 0.3) is 0 Å². The second-order valence-electron chi connectivity index (χ2n) is 4.30. The highest BCUT2D eigenvalue weighted by Gasteiger charge is 2.17. The molecule has 0 fully saturated rings. The Labute approximate surface area is 96.6 Å². The molecule has 0 amide bonds. The zero-order valence-corrected chi connectivity index (χ0v) is 10.4. The predicted molar refractivity (Wildman–Crippen MR) is 60.8 cm³/mol. The maximum absolute atomic E-state index is 11.0. The monoisotopic (exact) mass is 228 g/mol. The van der Waals surface area contributed by atoms with Gasteiger partial charge in [-0.3, -0.25) is 4.79 Å². The Bertz CT molecular complexity index is 266. The van der Waals surface area contributed by atoms with Crippen molar-refractivity contribution in [3.63, 3.8) is 0 Å². The summed E-state index contributed by atoms with van der Waals surface area (Å²) < 4.78 is 9.67. The Morgan fingerprint density at radius 1 is 1.25 bits per heavy atom. The second-order valence-corrected chi connectivity index (χ2v) is 4.30. The molecule has 0 N–H and O–H groups in total. The van der Waals surface area contributed by atoms with E-state index in [0.29, 0.717) is 19.6 Å². The minimum absolute atomic E-state index is 0.172. The van der Waals surface area contributed by atoms with Gasteiger partial charge in [0.05, 0.1) is 13.2 Å². The van der Waals surface area contributed by atoms with Crippen LogP contribution < -0.4 is 0 Å². The lowest BCUT2D eigenvalue weighted by atomic mass is 9.90. The fraction of sp³-hybridized carbons (Fsp3) is 0.667. The molecule has 0 unspecified atom stereocenters. The van der Waals surface area contributed by atoms with Crippen LogP contribution in [0.5, 0.6) is 0 Å². The van der Waals surface area contributed by atoms with Crippen molar-refractivity contribution in [3.05, 3.63) is 12.2 Å². The van der Waals surface area contributed by atoms with Gasteiger partial charge in [-0.2, -0.15) is 0 Å². The average molecular weight is 228 g/mol. The quantitative estimate of drug-likeness (QED) is 0.516. The molecule has 92 valence electrons. The Hall–Kier alpha value is -1.32. The van der Waals surface area contributed by atoms with Gasteiger partial charge in [0.25, 0.3) is 0 Å². The standard InChI is InChI=1S/C12H20O4/c1-5-15-11(14)7-6-8-12(3,4)9-16-10(2)13/h6-7H,5,8-9H2,1-4H3/b7-6+. The van der Waals surface area contributed by atoms with Gasteiger partial charge in [0.2, 0.25) is 0 Å². The lowest BCUT2D eigenvalue weighted by molar-refractivity contribution is -0.144. The van der Waals surface area contributed by atoms with Crippen LogP contribution in [0.2, 0.25) is 0 Å². The largest absolute Gasteiger partial charge is 0.465 e. The van der Waals surface area contributed by atoms with Gasteiger partial charge in [0, 0.05) is 18.4 Å². The summed E-state index contributed by atoms with van der Waals surface area (Å²) in [5.41, 5.74) is -0.172. The molecule has 0 heterocycles. The fourth-order valence-electron chi connectivity index (χ4n) is 1.02. The first-order chi connectivity index (χ1) is 7.37. The SMILES string of the molecule is CCOC(=O)/C=C/CC(C)(C)COC(C)=O. The zero-order chi connectivity index (χ0) is 12.6. The summed E-state index contributed by atoms with van der Waals surface area (Å²) in [6.45, 7) is 7.79. The van der Waals surface area contributed by atoms with E-state index in [1.165, 1.54) is 13.0 Å². The van der Waals surface area contributed by atoms with Gasteiger partial charge in [0.1, 0.15) is 0 Å². The molecule has 0 bridgehead atoms. The maximum atomic E-state index is 11.0. The number of ether oxygens (including phenoxy) is 2. The number of carbonyl (C=O) groups excluding carboxylic acids is 2. The molecule has 0 saturated heterocycles. The van der Waals surface area contributed by atoms with E-state index in [0.717, 1.165) is 0 Å². The minimum atomic E-state index is -0.342. The number of carbonyl (C=O) groups is 2. The van der Waals surface area contributed by atoms with E-state index in [9.17, 15) is 9.59 Å². The predicted octanol–water partition coefficient (Wildman–Crippen LogP) is 2.09. The third-order valence-corrected chi connectivity index (χ3v) is 1.88. The van der Waals surface area contributed by atoms with Crippen LogP contribution in [0.15, 0.2) is 12.2 Å². The molecule has 4 nitrogen and oxygen atoms in total. The second kappa shape index (κ2) is 7.04. The first-order valence-corrected chi connectivity index (χ1v) is 5.34. The van der Waals surface area contributed by atoms with Crippen molar-refractivity contribution in [1.29, 1.82) is 0 Å². The molecular weight excluding hydrogens is 208 g/mol. The minimum Gasteiger partial charge on any atom is -0.465 e. The zero-order valence-electron chi connectivity index (χ0n) is 10.4. The van der Waals surface area contributed by atoms with Crippen LogP contribution >= 0.6 is 0 Å². The highest BCUT2D eigenvalue weighted by atomic mass is 16.5.